The van der Waals surface area contributed by atoms with Gasteiger partial charge in [-0.25, -0.2) is 4.98 Å². The van der Waals surface area contributed by atoms with Crippen molar-refractivity contribution in [1.82, 2.24) is 4.98 Å². The van der Waals surface area contributed by atoms with Crippen LogP contribution in [0.1, 0.15) is 6.92 Å². The molecule has 1 aromatic carbocycles. The van der Waals surface area contributed by atoms with E-state index in [1.54, 1.807) is 18.9 Å². The number of hydrogen-bond donors (Lipinski definition) is 0. The van der Waals surface area contributed by atoms with E-state index in [9.17, 15) is 0 Å². The Bertz CT molecular complexity index is 532. The van der Waals surface area contributed by atoms with Gasteiger partial charge in [0.25, 0.3) is 0 Å². The molecule has 2 rings (SSSR count). The van der Waals surface area contributed by atoms with Gasteiger partial charge in [0.15, 0.2) is 0 Å². The fraction of sp³-hybridized carbons (Fsp3) is 0.357. The highest BCUT2D eigenvalue weighted by molar-refractivity contribution is 7.99. The van der Waals surface area contributed by atoms with Crippen molar-refractivity contribution < 1.29 is 4.74 Å². The monoisotopic (exact) mass is 281 g/mol. The molecule has 0 amide bonds. The van der Waals surface area contributed by atoms with Gasteiger partial charge < -0.3 is 4.74 Å². The van der Waals surface area contributed by atoms with Crippen LogP contribution in [0, 0.1) is 5.92 Å². The Hall–Kier alpha value is -0.930. The molecule has 0 aliphatic carbocycles. The van der Waals surface area contributed by atoms with Crippen molar-refractivity contribution in [2.75, 3.05) is 18.7 Å². The minimum absolute atomic E-state index is 0.493. The Labute approximate surface area is 117 Å². The first-order chi connectivity index (χ1) is 8.74. The molecule has 0 fully saturated rings. The zero-order chi connectivity index (χ0) is 13.0. The molecule has 0 saturated carbocycles. The maximum atomic E-state index is 5.83. The summed E-state index contributed by atoms with van der Waals surface area (Å²) in [7, 11) is 1.68. The molecule has 0 aliphatic rings. The average molecular weight is 282 g/mol. The van der Waals surface area contributed by atoms with Gasteiger partial charge in [-0.2, -0.15) is 0 Å². The molecular formula is C14H16ClNOS. The highest BCUT2D eigenvalue weighted by Gasteiger charge is 2.07. The summed E-state index contributed by atoms with van der Waals surface area (Å²) < 4.78 is 5.23. The van der Waals surface area contributed by atoms with Crippen LogP contribution in [0.4, 0.5) is 0 Å². The van der Waals surface area contributed by atoms with E-state index in [1.807, 2.05) is 24.4 Å². The topological polar surface area (TPSA) is 22.1 Å². The first kappa shape index (κ1) is 13.5. The minimum Gasteiger partial charge on any atom is -0.497 e. The number of aromatic nitrogens is 1. The normalized spacial score (nSPS) is 12.6. The number of thioether (sulfide) groups is 1. The highest BCUT2D eigenvalue weighted by atomic mass is 35.5. The van der Waals surface area contributed by atoms with Crippen LogP contribution in [0.25, 0.3) is 10.8 Å². The van der Waals surface area contributed by atoms with E-state index in [4.69, 9.17) is 16.3 Å². The Balaban J connectivity index is 2.28. The van der Waals surface area contributed by atoms with Crippen molar-refractivity contribution >= 4 is 34.1 Å². The molecular weight excluding hydrogens is 266 g/mol. The molecule has 0 radical (unpaired) electrons. The van der Waals surface area contributed by atoms with Crippen LogP contribution in [0.15, 0.2) is 35.5 Å². The lowest BCUT2D eigenvalue weighted by molar-refractivity contribution is 0.415. The van der Waals surface area contributed by atoms with Crippen LogP contribution in [0.5, 0.6) is 5.75 Å². The van der Waals surface area contributed by atoms with Crippen molar-refractivity contribution in [2.45, 2.75) is 11.9 Å². The molecule has 0 spiro atoms. The second-order valence-corrected chi connectivity index (χ2v) is 5.59. The van der Waals surface area contributed by atoms with Crippen molar-refractivity contribution in [2.24, 2.45) is 5.92 Å². The van der Waals surface area contributed by atoms with Crippen LogP contribution in [0.2, 0.25) is 0 Å². The van der Waals surface area contributed by atoms with Crippen molar-refractivity contribution in [3.8, 4) is 5.75 Å². The zero-order valence-corrected chi connectivity index (χ0v) is 12.1. The molecule has 0 saturated heterocycles. The van der Waals surface area contributed by atoms with Gasteiger partial charge in [0.1, 0.15) is 10.8 Å². The Kier molecular flexibility index (Phi) is 4.72. The molecule has 2 aromatic rings. The number of alkyl halides is 1. The number of pyridine rings is 1. The summed E-state index contributed by atoms with van der Waals surface area (Å²) in [5.74, 6) is 3.04. The number of benzene rings is 1. The predicted octanol–water partition coefficient (Wildman–Crippen LogP) is 4.21. The molecule has 1 unspecified atom stereocenters. The summed E-state index contributed by atoms with van der Waals surface area (Å²) in [6.45, 7) is 2.15. The van der Waals surface area contributed by atoms with Gasteiger partial charge in [-0.05, 0) is 35.6 Å². The molecule has 0 N–H and O–H groups in total. The third kappa shape index (κ3) is 3.09. The lowest BCUT2D eigenvalue weighted by atomic mass is 10.2. The lowest BCUT2D eigenvalue weighted by Gasteiger charge is -2.09. The average Bonchev–Trinajstić information content (AvgIpc) is 2.43. The van der Waals surface area contributed by atoms with E-state index in [-0.39, 0.29) is 0 Å². The summed E-state index contributed by atoms with van der Waals surface area (Å²) in [5.41, 5.74) is 0. The second-order valence-electron chi connectivity index (χ2n) is 4.27. The maximum Gasteiger partial charge on any atom is 0.119 e. The fourth-order valence-corrected chi connectivity index (χ4v) is 2.91. The minimum atomic E-state index is 0.493. The second kappa shape index (κ2) is 6.30. The number of nitrogens with zero attached hydrogens (tertiary/aromatic N) is 1. The molecule has 1 atom stereocenters. The smallest absolute Gasteiger partial charge is 0.119 e. The number of ether oxygens (including phenoxy) is 1. The van der Waals surface area contributed by atoms with Gasteiger partial charge in [0.2, 0.25) is 0 Å². The maximum absolute atomic E-state index is 5.83. The summed E-state index contributed by atoms with van der Waals surface area (Å²) in [6.07, 6.45) is 1.84. The van der Waals surface area contributed by atoms with Crippen molar-refractivity contribution in [3.05, 3.63) is 30.5 Å². The third-order valence-corrected chi connectivity index (χ3v) is 4.56. The molecule has 0 bridgehead atoms. The lowest BCUT2D eigenvalue weighted by Crippen LogP contribution is -1.99. The highest BCUT2D eigenvalue weighted by Crippen LogP contribution is 2.29. The van der Waals surface area contributed by atoms with Crippen LogP contribution < -0.4 is 4.74 Å². The number of fused-ring (bicyclic) bond motifs is 1. The Morgan fingerprint density at radius 2 is 2.22 bits per heavy atom. The molecule has 4 heteroatoms. The van der Waals surface area contributed by atoms with Gasteiger partial charge in [-0.1, -0.05) is 6.92 Å². The first-order valence-corrected chi connectivity index (χ1v) is 7.38. The van der Waals surface area contributed by atoms with Gasteiger partial charge in [-0.15, -0.1) is 23.4 Å². The van der Waals surface area contributed by atoms with Gasteiger partial charge >= 0.3 is 0 Å². The number of rotatable bonds is 5. The number of hydrogen-bond acceptors (Lipinski definition) is 3. The van der Waals surface area contributed by atoms with Crippen LogP contribution >= 0.6 is 23.4 Å². The van der Waals surface area contributed by atoms with Gasteiger partial charge in [-0.3, -0.25) is 0 Å². The van der Waals surface area contributed by atoms with E-state index in [1.165, 1.54) is 5.39 Å². The molecule has 1 aromatic heterocycles. The van der Waals surface area contributed by atoms with Gasteiger partial charge in [0.05, 0.1) is 7.11 Å². The van der Waals surface area contributed by atoms with Gasteiger partial charge in [0, 0.05) is 23.2 Å². The third-order valence-electron chi connectivity index (χ3n) is 2.70. The van der Waals surface area contributed by atoms with Crippen LogP contribution in [-0.4, -0.2) is 23.7 Å². The van der Waals surface area contributed by atoms with Crippen molar-refractivity contribution in [3.63, 3.8) is 0 Å². The van der Waals surface area contributed by atoms with Crippen LogP contribution in [-0.2, 0) is 0 Å². The summed E-state index contributed by atoms with van der Waals surface area (Å²) in [4.78, 5) is 4.45. The van der Waals surface area contributed by atoms with E-state index in [0.29, 0.717) is 11.8 Å². The molecule has 1 heterocycles. The molecule has 96 valence electrons. The van der Waals surface area contributed by atoms with Crippen LogP contribution in [0.3, 0.4) is 0 Å². The van der Waals surface area contributed by atoms with E-state index in [2.05, 4.69) is 18.0 Å². The molecule has 18 heavy (non-hydrogen) atoms. The predicted molar refractivity (Wildman–Crippen MR) is 78.9 cm³/mol. The molecule has 2 nitrogen and oxygen atoms in total. The number of halogens is 1. The summed E-state index contributed by atoms with van der Waals surface area (Å²) in [6, 6.07) is 8.08. The summed E-state index contributed by atoms with van der Waals surface area (Å²) >= 11 is 7.59. The standard InChI is InChI=1S/C14H16ClNOS/c1-10(8-15)9-18-14-13-4-3-12(17-2)7-11(13)5-6-16-14/h3-7,10H,8-9H2,1-2H3. The Morgan fingerprint density at radius 3 is 2.94 bits per heavy atom. The Morgan fingerprint density at radius 1 is 1.39 bits per heavy atom. The summed E-state index contributed by atoms with van der Waals surface area (Å²) in [5, 5.41) is 3.39. The van der Waals surface area contributed by atoms with E-state index >= 15 is 0 Å². The quantitative estimate of drug-likeness (QED) is 0.605. The van der Waals surface area contributed by atoms with Crippen molar-refractivity contribution in [1.29, 1.82) is 0 Å². The fourth-order valence-electron chi connectivity index (χ4n) is 1.64. The SMILES string of the molecule is COc1ccc2c(SCC(C)CCl)nccc2c1. The van der Waals surface area contributed by atoms with E-state index < -0.39 is 0 Å². The zero-order valence-electron chi connectivity index (χ0n) is 10.5. The van der Waals surface area contributed by atoms with E-state index in [0.717, 1.165) is 21.9 Å². The number of methoxy groups -OCH3 is 1. The molecule has 0 aliphatic heterocycles. The first-order valence-electron chi connectivity index (χ1n) is 5.86. The largest absolute Gasteiger partial charge is 0.497 e.